The maximum absolute atomic E-state index is 12.2. The van der Waals surface area contributed by atoms with E-state index < -0.39 is 0 Å². The second-order valence-electron chi connectivity index (χ2n) is 6.86. The van der Waals surface area contributed by atoms with E-state index in [1.807, 2.05) is 31.2 Å². The van der Waals surface area contributed by atoms with Crippen molar-refractivity contribution in [3.05, 3.63) is 40.7 Å². The number of rotatable bonds is 7. The fourth-order valence-electron chi connectivity index (χ4n) is 3.28. The zero-order chi connectivity index (χ0) is 19.2. The second kappa shape index (κ2) is 9.35. The lowest BCUT2D eigenvalue weighted by Gasteiger charge is -2.30. The molecule has 146 valence electrons. The molecule has 7 heteroatoms. The van der Waals surface area contributed by atoms with Gasteiger partial charge in [-0.25, -0.2) is 4.98 Å². The van der Waals surface area contributed by atoms with E-state index in [-0.39, 0.29) is 11.8 Å². The van der Waals surface area contributed by atoms with Crippen LogP contribution in [-0.4, -0.2) is 49.1 Å². The molecule has 2 aromatic rings. The molecule has 27 heavy (non-hydrogen) atoms. The number of amides is 1. The number of methoxy groups -OCH3 is 1. The highest BCUT2D eigenvalue weighted by Crippen LogP contribution is 2.25. The van der Waals surface area contributed by atoms with Gasteiger partial charge in [-0.3, -0.25) is 9.69 Å². The molecule has 1 fully saturated rings. The number of benzene rings is 1. The summed E-state index contributed by atoms with van der Waals surface area (Å²) in [4.78, 5) is 19.1. The summed E-state index contributed by atoms with van der Waals surface area (Å²) < 4.78 is 10.8. The Bertz CT molecular complexity index is 752. The number of likely N-dealkylation sites (tertiary alicyclic amines) is 1. The quantitative estimate of drug-likeness (QED) is 0.733. The molecule has 1 N–H and O–H groups in total. The maximum atomic E-state index is 12.2. The first kappa shape index (κ1) is 19.9. The zero-order valence-corrected chi connectivity index (χ0v) is 16.6. The highest BCUT2D eigenvalue weighted by atomic mass is 35.5. The summed E-state index contributed by atoms with van der Waals surface area (Å²) in [5.41, 5.74) is 1.86. The van der Waals surface area contributed by atoms with Crippen LogP contribution in [0.2, 0.25) is 5.02 Å². The van der Waals surface area contributed by atoms with Crippen LogP contribution in [0.25, 0.3) is 11.5 Å². The molecular formula is C20H26ClN3O3. The lowest BCUT2D eigenvalue weighted by molar-refractivity contribution is -0.126. The molecule has 0 unspecified atom stereocenters. The number of piperidine rings is 1. The van der Waals surface area contributed by atoms with E-state index in [9.17, 15) is 4.79 Å². The number of oxazole rings is 1. The second-order valence-corrected chi connectivity index (χ2v) is 7.30. The first-order chi connectivity index (χ1) is 13.1. The van der Waals surface area contributed by atoms with Gasteiger partial charge in [0.15, 0.2) is 0 Å². The van der Waals surface area contributed by atoms with E-state index in [0.29, 0.717) is 24.1 Å². The maximum Gasteiger partial charge on any atom is 0.226 e. The van der Waals surface area contributed by atoms with Crippen molar-refractivity contribution >= 4 is 17.5 Å². The third-order valence-corrected chi connectivity index (χ3v) is 5.17. The van der Waals surface area contributed by atoms with Crippen molar-refractivity contribution in [2.24, 2.45) is 5.92 Å². The van der Waals surface area contributed by atoms with Crippen LogP contribution in [0.15, 0.2) is 28.7 Å². The van der Waals surface area contributed by atoms with Gasteiger partial charge in [0.1, 0.15) is 5.76 Å². The summed E-state index contributed by atoms with van der Waals surface area (Å²) in [5.74, 6) is 1.67. The lowest BCUT2D eigenvalue weighted by atomic mass is 9.96. The van der Waals surface area contributed by atoms with Crippen LogP contribution in [0, 0.1) is 12.8 Å². The molecule has 0 aliphatic carbocycles. The van der Waals surface area contributed by atoms with E-state index in [0.717, 1.165) is 49.5 Å². The molecule has 0 saturated carbocycles. The number of aromatic nitrogens is 1. The van der Waals surface area contributed by atoms with Gasteiger partial charge in [0.2, 0.25) is 11.8 Å². The standard InChI is InChI=1S/C20H26ClN3O3/c1-14-18(23-20(27-14)16-3-5-17(21)6-4-16)13-24-10-7-15(8-11-24)19(25)22-9-12-26-2/h3-6,15H,7-13H2,1-2H3,(H,22,25). The number of nitrogens with one attached hydrogen (secondary N) is 1. The van der Waals surface area contributed by atoms with Crippen molar-refractivity contribution < 1.29 is 13.9 Å². The molecule has 0 spiro atoms. The fraction of sp³-hybridized carbons (Fsp3) is 0.500. The monoisotopic (exact) mass is 391 g/mol. The number of halogens is 1. The number of hydrogen-bond acceptors (Lipinski definition) is 5. The van der Waals surface area contributed by atoms with Crippen molar-refractivity contribution in [2.75, 3.05) is 33.4 Å². The van der Waals surface area contributed by atoms with Crippen molar-refractivity contribution in [1.29, 1.82) is 0 Å². The minimum absolute atomic E-state index is 0.0844. The third-order valence-electron chi connectivity index (χ3n) is 4.92. The van der Waals surface area contributed by atoms with Gasteiger partial charge in [-0.1, -0.05) is 11.6 Å². The van der Waals surface area contributed by atoms with Gasteiger partial charge in [0.05, 0.1) is 12.3 Å². The lowest BCUT2D eigenvalue weighted by Crippen LogP contribution is -2.41. The van der Waals surface area contributed by atoms with Gasteiger partial charge in [-0.05, 0) is 57.1 Å². The van der Waals surface area contributed by atoms with Crippen LogP contribution >= 0.6 is 11.6 Å². The Morgan fingerprint density at radius 2 is 2.04 bits per heavy atom. The number of aryl methyl sites for hydroxylation is 1. The summed E-state index contributed by atoms with van der Waals surface area (Å²) in [6, 6.07) is 7.48. The van der Waals surface area contributed by atoms with Gasteiger partial charge in [0, 0.05) is 36.7 Å². The van der Waals surface area contributed by atoms with Gasteiger partial charge >= 0.3 is 0 Å². The summed E-state index contributed by atoms with van der Waals surface area (Å²) in [6.45, 7) is 5.56. The SMILES string of the molecule is COCCNC(=O)C1CCN(Cc2nc(-c3ccc(Cl)cc3)oc2C)CC1. The van der Waals surface area contributed by atoms with E-state index in [2.05, 4.69) is 15.2 Å². The van der Waals surface area contributed by atoms with Gasteiger partial charge < -0.3 is 14.5 Å². The smallest absolute Gasteiger partial charge is 0.226 e. The molecule has 6 nitrogen and oxygen atoms in total. The molecule has 0 bridgehead atoms. The summed E-state index contributed by atoms with van der Waals surface area (Å²) >= 11 is 5.94. The van der Waals surface area contributed by atoms with Crippen molar-refractivity contribution in [3.63, 3.8) is 0 Å². The molecule has 0 radical (unpaired) electrons. The fourth-order valence-corrected chi connectivity index (χ4v) is 3.40. The molecule has 1 aliphatic heterocycles. The Kier molecular flexibility index (Phi) is 6.88. The topological polar surface area (TPSA) is 67.6 Å². The minimum atomic E-state index is 0.0844. The number of nitrogens with zero attached hydrogens (tertiary/aromatic N) is 2. The molecule has 2 heterocycles. The predicted octanol–water partition coefficient (Wildman–Crippen LogP) is 3.28. The highest BCUT2D eigenvalue weighted by molar-refractivity contribution is 6.30. The van der Waals surface area contributed by atoms with E-state index in [1.54, 1.807) is 7.11 Å². The van der Waals surface area contributed by atoms with Crippen LogP contribution in [0.4, 0.5) is 0 Å². The van der Waals surface area contributed by atoms with Crippen LogP contribution in [0.5, 0.6) is 0 Å². The van der Waals surface area contributed by atoms with Crippen LogP contribution in [0.1, 0.15) is 24.3 Å². The number of hydrogen-bond donors (Lipinski definition) is 1. The van der Waals surface area contributed by atoms with Gasteiger partial charge in [0.25, 0.3) is 0 Å². The predicted molar refractivity (Wildman–Crippen MR) is 105 cm³/mol. The number of ether oxygens (including phenoxy) is 1. The first-order valence-corrected chi connectivity index (χ1v) is 9.66. The van der Waals surface area contributed by atoms with Gasteiger partial charge in [-0.2, -0.15) is 0 Å². The highest BCUT2D eigenvalue weighted by Gasteiger charge is 2.25. The number of carbonyl (C=O) groups is 1. The molecule has 0 atom stereocenters. The average Bonchev–Trinajstić information content (AvgIpc) is 3.03. The Labute approximate surface area is 164 Å². The molecule has 1 saturated heterocycles. The van der Waals surface area contributed by atoms with E-state index in [4.69, 9.17) is 20.8 Å². The number of carbonyl (C=O) groups excluding carboxylic acids is 1. The van der Waals surface area contributed by atoms with E-state index in [1.165, 1.54) is 0 Å². The molecular weight excluding hydrogens is 366 g/mol. The summed E-state index contributed by atoms with van der Waals surface area (Å²) in [6.07, 6.45) is 1.72. The van der Waals surface area contributed by atoms with Crippen molar-refractivity contribution in [3.8, 4) is 11.5 Å². The Balaban J connectivity index is 1.53. The van der Waals surface area contributed by atoms with Crippen molar-refractivity contribution in [1.82, 2.24) is 15.2 Å². The van der Waals surface area contributed by atoms with Gasteiger partial charge in [-0.15, -0.1) is 0 Å². The third kappa shape index (κ3) is 5.31. The average molecular weight is 392 g/mol. The normalized spacial score (nSPS) is 15.8. The Morgan fingerprint density at radius 1 is 1.33 bits per heavy atom. The summed E-state index contributed by atoms with van der Waals surface area (Å²) in [7, 11) is 1.63. The van der Waals surface area contributed by atoms with Crippen LogP contribution in [-0.2, 0) is 16.1 Å². The zero-order valence-electron chi connectivity index (χ0n) is 15.8. The Morgan fingerprint density at radius 3 is 2.70 bits per heavy atom. The molecule has 1 aromatic carbocycles. The summed E-state index contributed by atoms with van der Waals surface area (Å²) in [5, 5.41) is 3.62. The van der Waals surface area contributed by atoms with Crippen LogP contribution in [0.3, 0.4) is 0 Å². The first-order valence-electron chi connectivity index (χ1n) is 9.28. The molecule has 1 amide bonds. The minimum Gasteiger partial charge on any atom is -0.441 e. The largest absolute Gasteiger partial charge is 0.441 e. The molecule has 3 rings (SSSR count). The van der Waals surface area contributed by atoms with Crippen LogP contribution < -0.4 is 5.32 Å². The molecule has 1 aliphatic rings. The van der Waals surface area contributed by atoms with E-state index >= 15 is 0 Å². The Hall–Kier alpha value is -1.89. The van der Waals surface area contributed by atoms with Crippen molar-refractivity contribution in [2.45, 2.75) is 26.3 Å². The molecule has 1 aromatic heterocycles.